The van der Waals surface area contributed by atoms with Crippen molar-refractivity contribution < 1.29 is 9.53 Å². The second-order valence-electron chi connectivity index (χ2n) is 4.26. The lowest BCUT2D eigenvalue weighted by Gasteiger charge is -2.07. The largest absolute Gasteiger partial charge is 0.461 e. The number of carbonyl (C=O) groups excluding carboxylic acids is 1. The van der Waals surface area contributed by atoms with Gasteiger partial charge in [0, 0.05) is 24.4 Å². The molecule has 0 fully saturated rings. The van der Waals surface area contributed by atoms with E-state index in [1.807, 2.05) is 0 Å². The van der Waals surface area contributed by atoms with Gasteiger partial charge in [0.2, 0.25) is 0 Å². The van der Waals surface area contributed by atoms with Gasteiger partial charge >= 0.3 is 5.97 Å². The number of hydrogen-bond donors (Lipinski definition) is 2. The van der Waals surface area contributed by atoms with Gasteiger partial charge in [-0.1, -0.05) is 0 Å². The van der Waals surface area contributed by atoms with Gasteiger partial charge in [-0.25, -0.2) is 9.78 Å². The average molecular weight is 282 g/mol. The third-order valence-corrected chi connectivity index (χ3v) is 3.48. The maximum atomic E-state index is 11.5. The van der Waals surface area contributed by atoms with Crippen molar-refractivity contribution in [1.29, 1.82) is 0 Å². The highest BCUT2D eigenvalue weighted by atomic mass is 32.1. The number of aromatic nitrogens is 1. The minimum absolute atomic E-state index is 0.353. The summed E-state index contributed by atoms with van der Waals surface area (Å²) in [5.74, 6) is 0.489. The summed E-state index contributed by atoms with van der Waals surface area (Å²) in [6.07, 6.45) is 0.763. The molecule has 0 saturated heterocycles. The zero-order chi connectivity index (χ0) is 13.7. The van der Waals surface area contributed by atoms with Crippen LogP contribution in [0.3, 0.4) is 0 Å². The highest BCUT2D eigenvalue weighted by molar-refractivity contribution is 7.09. The molecule has 2 N–H and O–H groups in total. The van der Waals surface area contributed by atoms with Crippen LogP contribution in [0.2, 0.25) is 0 Å². The van der Waals surface area contributed by atoms with E-state index in [-0.39, 0.29) is 5.97 Å². The molecule has 0 amide bonds. The molecule has 0 aliphatic carbocycles. The Bertz CT molecular complexity index is 472. The van der Waals surface area contributed by atoms with Crippen molar-refractivity contribution in [3.63, 3.8) is 0 Å². The molecule has 2 heterocycles. The Balaban J connectivity index is 1.76. The Labute approximate surface area is 116 Å². The monoisotopic (exact) mass is 282 g/mol. The van der Waals surface area contributed by atoms with E-state index in [2.05, 4.69) is 27.5 Å². The molecule has 104 valence electrons. The maximum Gasteiger partial charge on any atom is 0.357 e. The van der Waals surface area contributed by atoms with Gasteiger partial charge in [-0.3, -0.25) is 4.99 Å². The zero-order valence-electron chi connectivity index (χ0n) is 11.1. The molecule has 2 rings (SSSR count). The number of guanidine groups is 1. The van der Waals surface area contributed by atoms with E-state index in [4.69, 9.17) is 4.74 Å². The first kappa shape index (κ1) is 13.8. The summed E-state index contributed by atoms with van der Waals surface area (Å²) in [5.41, 5.74) is 0.395. The molecule has 1 aliphatic heterocycles. The summed E-state index contributed by atoms with van der Waals surface area (Å²) >= 11 is 1.47. The molecule has 7 heteroatoms. The Kier molecular flexibility index (Phi) is 4.73. The SMILES string of the molecule is CCOC(=O)c1csc(CCNC2=NCC(C)N2)n1. The van der Waals surface area contributed by atoms with Crippen molar-refractivity contribution >= 4 is 23.3 Å². The number of aliphatic imine (C=N–C) groups is 1. The van der Waals surface area contributed by atoms with Crippen LogP contribution in [0.15, 0.2) is 10.4 Å². The molecule has 1 unspecified atom stereocenters. The third kappa shape index (κ3) is 3.92. The van der Waals surface area contributed by atoms with E-state index in [9.17, 15) is 4.79 Å². The molecule has 0 saturated carbocycles. The fraction of sp³-hybridized carbons (Fsp3) is 0.583. The minimum Gasteiger partial charge on any atom is -0.461 e. The number of carbonyl (C=O) groups is 1. The summed E-state index contributed by atoms with van der Waals surface area (Å²) in [6.45, 7) is 5.80. The lowest BCUT2D eigenvalue weighted by Crippen LogP contribution is -2.38. The van der Waals surface area contributed by atoms with Crippen LogP contribution < -0.4 is 10.6 Å². The van der Waals surface area contributed by atoms with Crippen LogP contribution in [0.4, 0.5) is 0 Å². The minimum atomic E-state index is -0.353. The molecule has 1 atom stereocenters. The van der Waals surface area contributed by atoms with Crippen molar-refractivity contribution in [3.8, 4) is 0 Å². The first-order valence-corrected chi connectivity index (χ1v) is 7.23. The summed E-state index contributed by atoms with van der Waals surface area (Å²) in [7, 11) is 0. The number of rotatable bonds is 5. The van der Waals surface area contributed by atoms with Gasteiger partial charge in [0.1, 0.15) is 0 Å². The predicted molar refractivity (Wildman–Crippen MR) is 74.7 cm³/mol. The first-order valence-electron chi connectivity index (χ1n) is 6.35. The fourth-order valence-electron chi connectivity index (χ4n) is 1.67. The Morgan fingerprint density at radius 2 is 2.53 bits per heavy atom. The Hall–Kier alpha value is -1.63. The van der Waals surface area contributed by atoms with Gasteiger partial charge in [0.15, 0.2) is 11.7 Å². The zero-order valence-corrected chi connectivity index (χ0v) is 11.9. The molecular formula is C12H18N4O2S. The standard InChI is InChI=1S/C12H18N4O2S/c1-3-18-11(17)9-7-19-10(16-9)4-5-13-12-14-6-8(2)15-12/h7-8H,3-6H2,1-2H3,(H2,13,14,15). The van der Waals surface area contributed by atoms with Gasteiger partial charge in [-0.15, -0.1) is 11.3 Å². The predicted octanol–water partition coefficient (Wildman–Crippen LogP) is 0.800. The van der Waals surface area contributed by atoms with Gasteiger partial charge < -0.3 is 15.4 Å². The topological polar surface area (TPSA) is 75.6 Å². The van der Waals surface area contributed by atoms with Crippen LogP contribution in [0.25, 0.3) is 0 Å². The second kappa shape index (κ2) is 6.51. The lowest BCUT2D eigenvalue weighted by atomic mass is 10.4. The molecule has 0 bridgehead atoms. The number of thiazole rings is 1. The molecular weight excluding hydrogens is 264 g/mol. The van der Waals surface area contributed by atoms with E-state index in [1.165, 1.54) is 11.3 Å². The Morgan fingerprint density at radius 3 is 3.21 bits per heavy atom. The van der Waals surface area contributed by atoms with Crippen LogP contribution in [-0.2, 0) is 11.2 Å². The molecule has 0 aromatic carbocycles. The van der Waals surface area contributed by atoms with Crippen LogP contribution >= 0.6 is 11.3 Å². The van der Waals surface area contributed by atoms with Gasteiger partial charge in [-0.2, -0.15) is 0 Å². The first-order chi connectivity index (χ1) is 9.19. The van der Waals surface area contributed by atoms with Crippen molar-refractivity contribution in [1.82, 2.24) is 15.6 Å². The highest BCUT2D eigenvalue weighted by Gasteiger charge is 2.13. The third-order valence-electron chi connectivity index (χ3n) is 2.57. The number of nitrogens with one attached hydrogen (secondary N) is 2. The van der Waals surface area contributed by atoms with E-state index in [0.717, 1.165) is 30.5 Å². The van der Waals surface area contributed by atoms with Crippen LogP contribution in [0.5, 0.6) is 0 Å². The molecule has 1 aromatic rings. The maximum absolute atomic E-state index is 11.5. The fourth-order valence-corrected chi connectivity index (χ4v) is 2.44. The lowest BCUT2D eigenvalue weighted by molar-refractivity contribution is 0.0520. The quantitative estimate of drug-likeness (QED) is 0.781. The number of nitrogens with zero attached hydrogens (tertiary/aromatic N) is 2. The van der Waals surface area contributed by atoms with Crippen molar-refractivity contribution in [3.05, 3.63) is 16.1 Å². The van der Waals surface area contributed by atoms with E-state index in [1.54, 1.807) is 12.3 Å². The molecule has 19 heavy (non-hydrogen) atoms. The van der Waals surface area contributed by atoms with Gasteiger partial charge in [0.25, 0.3) is 0 Å². The molecule has 1 aliphatic rings. The summed E-state index contributed by atoms with van der Waals surface area (Å²) < 4.78 is 4.90. The van der Waals surface area contributed by atoms with Crippen molar-refractivity contribution in [2.45, 2.75) is 26.3 Å². The summed E-state index contributed by atoms with van der Waals surface area (Å²) in [5, 5.41) is 9.10. The van der Waals surface area contributed by atoms with Gasteiger partial charge in [0.05, 0.1) is 18.2 Å². The van der Waals surface area contributed by atoms with Crippen LogP contribution in [0.1, 0.15) is 29.3 Å². The molecule has 0 spiro atoms. The molecule has 1 aromatic heterocycles. The average Bonchev–Trinajstić information content (AvgIpc) is 2.99. The normalized spacial score (nSPS) is 17.8. The van der Waals surface area contributed by atoms with E-state index >= 15 is 0 Å². The van der Waals surface area contributed by atoms with Crippen molar-refractivity contribution in [2.75, 3.05) is 19.7 Å². The Morgan fingerprint density at radius 1 is 1.68 bits per heavy atom. The molecule has 0 radical (unpaired) electrons. The van der Waals surface area contributed by atoms with Crippen molar-refractivity contribution in [2.24, 2.45) is 4.99 Å². The van der Waals surface area contributed by atoms with Crippen LogP contribution in [0, 0.1) is 0 Å². The van der Waals surface area contributed by atoms with Crippen LogP contribution in [-0.4, -0.2) is 42.7 Å². The number of ether oxygens (including phenoxy) is 1. The van der Waals surface area contributed by atoms with Gasteiger partial charge in [-0.05, 0) is 13.8 Å². The smallest absolute Gasteiger partial charge is 0.357 e. The highest BCUT2D eigenvalue weighted by Crippen LogP contribution is 2.11. The molecule has 6 nitrogen and oxygen atoms in total. The van der Waals surface area contributed by atoms with E-state index < -0.39 is 0 Å². The summed E-state index contributed by atoms with van der Waals surface area (Å²) in [4.78, 5) is 20.0. The summed E-state index contributed by atoms with van der Waals surface area (Å²) in [6, 6.07) is 0.401. The van der Waals surface area contributed by atoms with E-state index in [0.29, 0.717) is 18.3 Å². The second-order valence-corrected chi connectivity index (χ2v) is 5.20. The number of hydrogen-bond acceptors (Lipinski definition) is 7. The number of esters is 1.